The van der Waals surface area contributed by atoms with Crippen molar-refractivity contribution in [3.63, 3.8) is 0 Å². The van der Waals surface area contributed by atoms with Gasteiger partial charge in [-0.2, -0.15) is 0 Å². The number of benzene rings is 1. The Morgan fingerprint density at radius 3 is 2.64 bits per heavy atom. The quantitative estimate of drug-likeness (QED) is 0.630. The summed E-state index contributed by atoms with van der Waals surface area (Å²) >= 11 is 6.58. The van der Waals surface area contributed by atoms with Gasteiger partial charge in [-0.15, -0.1) is 0 Å². The Hall–Kier alpha value is -0.350. The Labute approximate surface area is 99.9 Å². The van der Waals surface area contributed by atoms with Crippen LogP contribution in [0.3, 0.4) is 0 Å². The largest absolute Gasteiger partial charge is 0.497 e. The zero-order valence-corrected chi connectivity index (χ0v) is 11.1. The van der Waals surface area contributed by atoms with Crippen molar-refractivity contribution in [3.8, 4) is 5.75 Å². The van der Waals surface area contributed by atoms with Crippen LogP contribution in [0.5, 0.6) is 5.75 Å². The minimum absolute atomic E-state index is 0.0378. The summed E-state index contributed by atoms with van der Waals surface area (Å²) in [4.78, 5) is 11.5. The van der Waals surface area contributed by atoms with Crippen molar-refractivity contribution in [3.05, 3.63) is 28.2 Å². The third kappa shape index (κ3) is 2.58. The van der Waals surface area contributed by atoms with Gasteiger partial charge in [0.2, 0.25) is 0 Å². The second-order valence-electron chi connectivity index (χ2n) is 2.83. The number of ketones is 1. The molecule has 0 spiro atoms. The number of methoxy groups -OCH3 is 1. The maximum absolute atomic E-state index is 11.7. The molecule has 1 aromatic rings. The van der Waals surface area contributed by atoms with Gasteiger partial charge in [0.25, 0.3) is 0 Å². The van der Waals surface area contributed by atoms with Crippen molar-refractivity contribution in [1.29, 1.82) is 0 Å². The molecule has 1 unspecified atom stereocenters. The number of Topliss-reactive ketones (excluding diaryl/α,β-unsaturated/α-hetero) is 1. The van der Waals surface area contributed by atoms with Gasteiger partial charge in [0.15, 0.2) is 5.78 Å². The summed E-state index contributed by atoms with van der Waals surface area (Å²) in [7, 11) is 1.58. The molecule has 0 heterocycles. The summed E-state index contributed by atoms with van der Waals surface area (Å²) in [6, 6.07) is 5.34. The molecule has 1 rings (SSSR count). The van der Waals surface area contributed by atoms with Gasteiger partial charge >= 0.3 is 0 Å². The van der Waals surface area contributed by atoms with E-state index >= 15 is 0 Å². The number of hydrogen-bond donors (Lipinski definition) is 0. The van der Waals surface area contributed by atoms with Gasteiger partial charge < -0.3 is 4.74 Å². The van der Waals surface area contributed by atoms with E-state index < -0.39 is 0 Å². The molecule has 0 amide bonds. The molecular formula is C10H10Br2O2. The summed E-state index contributed by atoms with van der Waals surface area (Å²) in [6.45, 7) is 1.80. The average molecular weight is 322 g/mol. The Kier molecular flexibility index (Phi) is 4.13. The van der Waals surface area contributed by atoms with E-state index in [1.165, 1.54) is 0 Å². The predicted molar refractivity (Wildman–Crippen MR) is 63.4 cm³/mol. The predicted octanol–water partition coefficient (Wildman–Crippen LogP) is 3.42. The zero-order valence-electron chi connectivity index (χ0n) is 7.88. The first-order valence-electron chi connectivity index (χ1n) is 4.08. The highest BCUT2D eigenvalue weighted by molar-refractivity contribution is 9.10. The molecule has 0 aliphatic carbocycles. The normalized spacial score (nSPS) is 12.3. The molecule has 0 saturated heterocycles. The fourth-order valence-corrected chi connectivity index (χ4v) is 1.72. The Balaban J connectivity index is 3.12. The van der Waals surface area contributed by atoms with E-state index in [2.05, 4.69) is 31.9 Å². The van der Waals surface area contributed by atoms with Crippen LogP contribution in [-0.2, 0) is 0 Å². The number of alkyl halides is 1. The van der Waals surface area contributed by atoms with Crippen molar-refractivity contribution < 1.29 is 9.53 Å². The molecule has 14 heavy (non-hydrogen) atoms. The van der Waals surface area contributed by atoms with Crippen molar-refractivity contribution in [2.45, 2.75) is 11.8 Å². The van der Waals surface area contributed by atoms with Crippen molar-refractivity contribution in [2.75, 3.05) is 7.11 Å². The summed E-state index contributed by atoms with van der Waals surface area (Å²) in [5.41, 5.74) is 0.633. The van der Waals surface area contributed by atoms with Crippen LogP contribution in [0, 0.1) is 0 Å². The summed E-state index contributed by atoms with van der Waals surface area (Å²) in [5, 5.41) is 0. The lowest BCUT2D eigenvalue weighted by atomic mass is 10.1. The molecule has 0 fully saturated rings. The molecule has 1 atom stereocenters. The number of hydrogen-bond acceptors (Lipinski definition) is 2. The van der Waals surface area contributed by atoms with Gasteiger partial charge in [-0.1, -0.05) is 31.9 Å². The van der Waals surface area contributed by atoms with Gasteiger partial charge in [-0.05, 0) is 25.1 Å². The van der Waals surface area contributed by atoms with E-state index in [-0.39, 0.29) is 10.6 Å². The van der Waals surface area contributed by atoms with Gasteiger partial charge in [0.1, 0.15) is 5.75 Å². The van der Waals surface area contributed by atoms with Crippen LogP contribution >= 0.6 is 31.9 Å². The summed E-state index contributed by atoms with van der Waals surface area (Å²) in [6.07, 6.45) is 0. The number of rotatable bonds is 3. The fourth-order valence-electron chi connectivity index (χ4n) is 1.03. The van der Waals surface area contributed by atoms with E-state index in [1.807, 2.05) is 0 Å². The Morgan fingerprint density at radius 1 is 1.50 bits per heavy atom. The van der Waals surface area contributed by atoms with Crippen molar-refractivity contribution in [2.24, 2.45) is 0 Å². The van der Waals surface area contributed by atoms with Crippen LogP contribution in [-0.4, -0.2) is 17.7 Å². The molecule has 0 saturated carbocycles. The molecule has 0 bridgehead atoms. The summed E-state index contributed by atoms with van der Waals surface area (Å²) < 4.78 is 5.84. The molecule has 0 aliphatic rings. The first-order valence-corrected chi connectivity index (χ1v) is 5.79. The van der Waals surface area contributed by atoms with Crippen LogP contribution in [0.25, 0.3) is 0 Å². The number of carbonyl (C=O) groups is 1. The second-order valence-corrected chi connectivity index (χ2v) is 5.05. The number of halogens is 2. The number of carbonyl (C=O) groups excluding carboxylic acids is 1. The standard InChI is InChI=1S/C10H10Br2O2/c1-6(11)10(13)8-5-7(14-2)3-4-9(8)12/h3-6H,1-2H3. The van der Waals surface area contributed by atoms with Gasteiger partial charge in [0.05, 0.1) is 11.9 Å². The fraction of sp³-hybridized carbons (Fsp3) is 0.300. The van der Waals surface area contributed by atoms with Crippen LogP contribution in [0.15, 0.2) is 22.7 Å². The smallest absolute Gasteiger partial charge is 0.177 e. The molecule has 0 radical (unpaired) electrons. The Bertz CT molecular complexity index is 348. The van der Waals surface area contributed by atoms with Crippen molar-refractivity contribution >= 4 is 37.6 Å². The van der Waals surface area contributed by atoms with Crippen LogP contribution < -0.4 is 4.74 Å². The maximum atomic E-state index is 11.7. The molecule has 0 aromatic heterocycles. The van der Waals surface area contributed by atoms with E-state index in [4.69, 9.17) is 4.74 Å². The van der Waals surface area contributed by atoms with Gasteiger partial charge in [-0.25, -0.2) is 0 Å². The highest BCUT2D eigenvalue weighted by Gasteiger charge is 2.15. The lowest BCUT2D eigenvalue weighted by molar-refractivity contribution is 0.0995. The topological polar surface area (TPSA) is 26.3 Å². The highest BCUT2D eigenvalue weighted by Crippen LogP contribution is 2.24. The third-order valence-corrected chi connectivity index (χ3v) is 2.91. The zero-order chi connectivity index (χ0) is 10.7. The lowest BCUT2D eigenvalue weighted by Gasteiger charge is -2.07. The minimum atomic E-state index is -0.189. The third-order valence-electron chi connectivity index (χ3n) is 1.80. The lowest BCUT2D eigenvalue weighted by Crippen LogP contribution is -2.10. The van der Waals surface area contributed by atoms with Crippen LogP contribution in [0.2, 0.25) is 0 Å². The highest BCUT2D eigenvalue weighted by atomic mass is 79.9. The summed E-state index contributed by atoms with van der Waals surface area (Å²) in [5.74, 6) is 0.723. The van der Waals surface area contributed by atoms with E-state index in [0.29, 0.717) is 11.3 Å². The minimum Gasteiger partial charge on any atom is -0.497 e. The van der Waals surface area contributed by atoms with E-state index in [0.717, 1.165) is 4.47 Å². The molecule has 0 N–H and O–H groups in total. The van der Waals surface area contributed by atoms with E-state index in [1.54, 1.807) is 32.2 Å². The van der Waals surface area contributed by atoms with Crippen LogP contribution in [0.4, 0.5) is 0 Å². The molecule has 4 heteroatoms. The van der Waals surface area contributed by atoms with Gasteiger partial charge in [0, 0.05) is 10.0 Å². The molecule has 76 valence electrons. The average Bonchev–Trinajstić information content (AvgIpc) is 2.17. The Morgan fingerprint density at radius 2 is 2.14 bits per heavy atom. The number of ether oxygens (including phenoxy) is 1. The van der Waals surface area contributed by atoms with E-state index in [9.17, 15) is 4.79 Å². The first-order chi connectivity index (χ1) is 6.56. The molecule has 0 aliphatic heterocycles. The first kappa shape index (κ1) is 11.7. The van der Waals surface area contributed by atoms with Gasteiger partial charge in [-0.3, -0.25) is 4.79 Å². The molecule has 1 aromatic carbocycles. The van der Waals surface area contributed by atoms with Crippen LogP contribution in [0.1, 0.15) is 17.3 Å². The SMILES string of the molecule is COc1ccc(Br)c(C(=O)C(C)Br)c1. The maximum Gasteiger partial charge on any atom is 0.177 e. The molecule has 2 nitrogen and oxygen atoms in total. The van der Waals surface area contributed by atoms with Crippen molar-refractivity contribution in [1.82, 2.24) is 0 Å². The second kappa shape index (κ2) is 4.94. The monoisotopic (exact) mass is 320 g/mol. The molecular weight excluding hydrogens is 312 g/mol.